The van der Waals surface area contributed by atoms with Gasteiger partial charge in [0, 0.05) is 6.42 Å². The first-order valence-corrected chi connectivity index (χ1v) is 7.37. The highest BCUT2D eigenvalue weighted by Gasteiger charge is 2.17. The van der Waals surface area contributed by atoms with Crippen LogP contribution >= 0.6 is 11.3 Å². The average molecular weight is 261 g/mol. The first-order chi connectivity index (χ1) is 8.15. The van der Waals surface area contributed by atoms with Crippen molar-refractivity contribution < 1.29 is 0 Å². The van der Waals surface area contributed by atoms with Gasteiger partial charge in [-0.15, -0.1) is 11.3 Å². The molecule has 1 aromatic carbocycles. The van der Waals surface area contributed by atoms with Crippen molar-refractivity contribution in [3.05, 3.63) is 28.8 Å². The van der Waals surface area contributed by atoms with Crippen molar-refractivity contribution in [3.63, 3.8) is 0 Å². The number of nitrogens with zero attached hydrogens (tertiary/aromatic N) is 1. The molecule has 2 rings (SSSR count). The fraction of sp³-hybridized carbons (Fsp3) is 0.562. The topological polar surface area (TPSA) is 12.9 Å². The van der Waals surface area contributed by atoms with Crippen LogP contribution in [0.2, 0.25) is 0 Å². The van der Waals surface area contributed by atoms with Crippen molar-refractivity contribution >= 4 is 21.6 Å². The molecule has 1 nitrogen and oxygen atoms in total. The predicted molar refractivity (Wildman–Crippen MR) is 81.5 cm³/mol. The molecule has 0 radical (unpaired) electrons. The van der Waals surface area contributed by atoms with Crippen LogP contribution in [0.4, 0.5) is 0 Å². The lowest BCUT2D eigenvalue weighted by Crippen LogP contribution is -2.10. The summed E-state index contributed by atoms with van der Waals surface area (Å²) in [6.07, 6.45) is 1.05. The minimum atomic E-state index is 0.211. The molecule has 98 valence electrons. The fourth-order valence-corrected chi connectivity index (χ4v) is 3.28. The summed E-state index contributed by atoms with van der Waals surface area (Å²) >= 11 is 1.84. The molecule has 2 heteroatoms. The van der Waals surface area contributed by atoms with Crippen LogP contribution in [0, 0.1) is 5.41 Å². The minimum Gasteiger partial charge on any atom is -0.241 e. The summed E-state index contributed by atoms with van der Waals surface area (Å²) in [5.74, 6) is 0. The molecule has 0 atom stereocenters. The summed E-state index contributed by atoms with van der Waals surface area (Å²) < 4.78 is 1.32. The quantitative estimate of drug-likeness (QED) is 0.689. The van der Waals surface area contributed by atoms with Gasteiger partial charge in [-0.05, 0) is 28.5 Å². The Balaban J connectivity index is 2.40. The van der Waals surface area contributed by atoms with Gasteiger partial charge in [0.25, 0.3) is 0 Å². The molecular formula is C16H23NS. The van der Waals surface area contributed by atoms with Gasteiger partial charge in [-0.2, -0.15) is 0 Å². The third-order valence-electron chi connectivity index (χ3n) is 2.98. The second kappa shape index (κ2) is 4.34. The van der Waals surface area contributed by atoms with E-state index in [1.165, 1.54) is 15.3 Å². The molecule has 0 amide bonds. The van der Waals surface area contributed by atoms with Crippen LogP contribution in [0.3, 0.4) is 0 Å². The Labute approximate surface area is 114 Å². The molecule has 0 aliphatic rings. The summed E-state index contributed by atoms with van der Waals surface area (Å²) in [4.78, 5) is 4.74. The molecule has 0 bridgehead atoms. The summed E-state index contributed by atoms with van der Waals surface area (Å²) in [6.45, 7) is 13.6. The molecule has 0 spiro atoms. The fourth-order valence-electron chi connectivity index (χ4n) is 1.97. The number of benzene rings is 1. The summed E-state index contributed by atoms with van der Waals surface area (Å²) in [6, 6.07) is 6.68. The predicted octanol–water partition coefficient (Wildman–Crippen LogP) is 5.18. The zero-order chi connectivity index (χ0) is 13.6. The van der Waals surface area contributed by atoms with E-state index >= 15 is 0 Å². The van der Waals surface area contributed by atoms with E-state index in [9.17, 15) is 0 Å². The van der Waals surface area contributed by atoms with Crippen LogP contribution in [-0.4, -0.2) is 4.98 Å². The number of aromatic nitrogens is 1. The highest BCUT2D eigenvalue weighted by molar-refractivity contribution is 7.18. The van der Waals surface area contributed by atoms with Gasteiger partial charge in [0.1, 0.15) is 0 Å². The number of thiazole rings is 1. The van der Waals surface area contributed by atoms with Crippen LogP contribution in [0.25, 0.3) is 10.2 Å². The van der Waals surface area contributed by atoms with E-state index < -0.39 is 0 Å². The first-order valence-electron chi connectivity index (χ1n) is 6.55. The van der Waals surface area contributed by atoms with E-state index in [4.69, 9.17) is 4.98 Å². The Hall–Kier alpha value is -0.890. The van der Waals surface area contributed by atoms with Crippen molar-refractivity contribution in [3.8, 4) is 0 Å². The number of hydrogen-bond acceptors (Lipinski definition) is 2. The van der Waals surface area contributed by atoms with Gasteiger partial charge in [0.2, 0.25) is 0 Å². The van der Waals surface area contributed by atoms with E-state index in [1.54, 1.807) is 0 Å². The van der Waals surface area contributed by atoms with Gasteiger partial charge in [-0.25, -0.2) is 4.98 Å². The molecule has 0 saturated carbocycles. The van der Waals surface area contributed by atoms with Crippen molar-refractivity contribution in [1.29, 1.82) is 0 Å². The molecular weight excluding hydrogens is 238 g/mol. The van der Waals surface area contributed by atoms with Crippen LogP contribution in [-0.2, 0) is 11.8 Å². The SMILES string of the molecule is CC(C)(C)Cc1nc2ccc(C(C)(C)C)cc2s1. The second-order valence-electron chi connectivity index (χ2n) is 7.28. The van der Waals surface area contributed by atoms with Gasteiger partial charge >= 0.3 is 0 Å². The van der Waals surface area contributed by atoms with E-state index in [0.29, 0.717) is 5.41 Å². The van der Waals surface area contributed by atoms with Gasteiger partial charge in [0.15, 0.2) is 0 Å². The maximum atomic E-state index is 4.74. The average Bonchev–Trinajstić information content (AvgIpc) is 2.53. The molecule has 2 aromatic rings. The molecule has 1 heterocycles. The summed E-state index contributed by atoms with van der Waals surface area (Å²) in [5, 5.41) is 1.25. The lowest BCUT2D eigenvalue weighted by atomic mass is 9.87. The third kappa shape index (κ3) is 3.11. The first kappa shape index (κ1) is 13.5. The van der Waals surface area contributed by atoms with E-state index in [-0.39, 0.29) is 5.41 Å². The maximum Gasteiger partial charge on any atom is 0.0943 e. The number of fused-ring (bicyclic) bond motifs is 1. The summed E-state index contributed by atoms with van der Waals surface area (Å²) in [5.41, 5.74) is 3.05. The molecule has 0 unspecified atom stereocenters. The van der Waals surface area contributed by atoms with Crippen LogP contribution in [0.15, 0.2) is 18.2 Å². The second-order valence-corrected chi connectivity index (χ2v) is 8.39. The van der Waals surface area contributed by atoms with Gasteiger partial charge in [-0.3, -0.25) is 0 Å². The lowest BCUT2D eigenvalue weighted by Gasteiger charge is -2.18. The molecule has 0 aliphatic carbocycles. The number of rotatable bonds is 1. The maximum absolute atomic E-state index is 4.74. The Kier molecular flexibility index (Phi) is 3.26. The van der Waals surface area contributed by atoms with Crippen molar-refractivity contribution in [2.75, 3.05) is 0 Å². The third-order valence-corrected chi connectivity index (χ3v) is 4.00. The zero-order valence-corrected chi connectivity index (χ0v) is 13.1. The Morgan fingerprint density at radius 1 is 1.06 bits per heavy atom. The molecule has 0 saturated heterocycles. The zero-order valence-electron chi connectivity index (χ0n) is 12.3. The highest BCUT2D eigenvalue weighted by Crippen LogP contribution is 2.31. The van der Waals surface area contributed by atoms with E-state index in [1.807, 2.05) is 11.3 Å². The van der Waals surface area contributed by atoms with Crippen LogP contribution < -0.4 is 0 Å². The Morgan fingerprint density at radius 2 is 1.72 bits per heavy atom. The highest BCUT2D eigenvalue weighted by atomic mass is 32.1. The lowest BCUT2D eigenvalue weighted by molar-refractivity contribution is 0.411. The molecule has 0 aliphatic heterocycles. The molecule has 18 heavy (non-hydrogen) atoms. The van der Waals surface area contributed by atoms with Crippen molar-refractivity contribution in [1.82, 2.24) is 4.98 Å². The smallest absolute Gasteiger partial charge is 0.0943 e. The standard InChI is InChI=1S/C16H23NS/c1-15(2,3)10-14-17-12-8-7-11(16(4,5)6)9-13(12)18-14/h7-9H,10H2,1-6H3. The van der Waals surface area contributed by atoms with E-state index in [2.05, 4.69) is 59.7 Å². The van der Waals surface area contributed by atoms with Gasteiger partial charge in [-0.1, -0.05) is 47.6 Å². The number of hydrogen-bond donors (Lipinski definition) is 0. The van der Waals surface area contributed by atoms with Crippen LogP contribution in [0.1, 0.15) is 52.1 Å². The normalized spacial score (nSPS) is 13.2. The molecule has 1 aromatic heterocycles. The molecule has 0 fully saturated rings. The monoisotopic (exact) mass is 261 g/mol. The van der Waals surface area contributed by atoms with Gasteiger partial charge in [0.05, 0.1) is 15.2 Å². The van der Waals surface area contributed by atoms with Crippen molar-refractivity contribution in [2.45, 2.75) is 53.4 Å². The molecule has 0 N–H and O–H groups in total. The van der Waals surface area contributed by atoms with E-state index in [0.717, 1.165) is 11.9 Å². The van der Waals surface area contributed by atoms with Crippen molar-refractivity contribution in [2.24, 2.45) is 5.41 Å². The minimum absolute atomic E-state index is 0.211. The van der Waals surface area contributed by atoms with Crippen LogP contribution in [0.5, 0.6) is 0 Å². The Bertz CT molecular complexity index is 552. The summed E-state index contributed by atoms with van der Waals surface area (Å²) in [7, 11) is 0. The largest absolute Gasteiger partial charge is 0.241 e. The Morgan fingerprint density at radius 3 is 2.28 bits per heavy atom. The van der Waals surface area contributed by atoms with Gasteiger partial charge < -0.3 is 0 Å².